The minimum Gasteiger partial charge on any atom is -0.543 e. The number of fused-ring (bicyclic) bond motifs is 1. The Bertz CT molecular complexity index is 483. The lowest BCUT2D eigenvalue weighted by molar-refractivity contribution is -0.301. The minimum absolute atomic E-state index is 0.104. The summed E-state index contributed by atoms with van der Waals surface area (Å²) in [6.07, 6.45) is -0.824. The van der Waals surface area contributed by atoms with E-state index in [1.165, 1.54) is 18.7 Å². The van der Waals surface area contributed by atoms with Crippen molar-refractivity contribution in [3.05, 3.63) is 9.93 Å². The van der Waals surface area contributed by atoms with E-state index in [-0.39, 0.29) is 11.4 Å². The van der Waals surface area contributed by atoms with E-state index in [1.807, 2.05) is 6.07 Å². The summed E-state index contributed by atoms with van der Waals surface area (Å²) in [5.41, 5.74) is -0.174. The van der Waals surface area contributed by atoms with Crippen LogP contribution in [0.2, 0.25) is 0 Å². The number of hydrogen-bond donors (Lipinski definition) is 1. The molecule has 18 heavy (non-hydrogen) atoms. The zero-order chi connectivity index (χ0) is 13.4. The molecule has 1 N–H and O–H groups in total. The summed E-state index contributed by atoms with van der Waals surface area (Å²) in [5, 5.41) is 28.6. The number of carbonyl (C=O) groups is 2. The molecule has 2 rings (SSSR count). The fourth-order valence-corrected chi connectivity index (χ4v) is 4.52. The molecule has 3 atom stereocenters. The number of aliphatic hydroxyl groups excluding tert-OH is 1. The van der Waals surface area contributed by atoms with Gasteiger partial charge >= 0.3 is 0 Å². The van der Waals surface area contributed by atoms with Crippen LogP contribution in [0.25, 0.3) is 0 Å². The largest absolute Gasteiger partial charge is 0.543 e. The Kier molecular flexibility index (Phi) is 3.56. The molecule has 96 valence electrons. The Labute approximate surface area is 112 Å². The van der Waals surface area contributed by atoms with Crippen LogP contribution in [0.5, 0.6) is 0 Å². The van der Waals surface area contributed by atoms with Crippen molar-refractivity contribution >= 4 is 35.4 Å². The van der Waals surface area contributed by atoms with E-state index in [1.54, 1.807) is 0 Å². The van der Waals surface area contributed by atoms with Crippen LogP contribution in [-0.4, -0.2) is 39.1 Å². The molecule has 2 aliphatic rings. The summed E-state index contributed by atoms with van der Waals surface area (Å²) < 4.78 is 0.401. The van der Waals surface area contributed by atoms with E-state index in [2.05, 4.69) is 0 Å². The Morgan fingerprint density at radius 2 is 2.44 bits per heavy atom. The molecule has 0 aromatic carbocycles. The third-order valence-corrected chi connectivity index (χ3v) is 5.25. The second kappa shape index (κ2) is 4.84. The maximum atomic E-state index is 11.8. The smallest absolute Gasteiger partial charge is 0.236 e. The van der Waals surface area contributed by atoms with Crippen LogP contribution in [0.15, 0.2) is 9.93 Å². The van der Waals surface area contributed by atoms with Crippen LogP contribution in [0.1, 0.15) is 6.92 Å². The van der Waals surface area contributed by atoms with Crippen LogP contribution < -0.4 is 5.11 Å². The molecule has 0 radical (unpaired) electrons. The predicted octanol–water partition coefficient (Wildman–Crippen LogP) is -0.926. The van der Waals surface area contributed by atoms with Crippen molar-refractivity contribution in [3.63, 3.8) is 0 Å². The highest BCUT2D eigenvalue weighted by atomic mass is 32.2. The van der Waals surface area contributed by atoms with Crippen molar-refractivity contribution < 1.29 is 19.8 Å². The number of carbonyl (C=O) groups excluding carboxylic acids is 2. The lowest BCUT2D eigenvalue weighted by Crippen LogP contribution is -2.61. The van der Waals surface area contributed by atoms with E-state index >= 15 is 0 Å². The number of carboxylic acid groups (broad SMARTS) is 1. The summed E-state index contributed by atoms with van der Waals surface area (Å²) in [4.78, 5) is 24.0. The Morgan fingerprint density at radius 3 is 2.94 bits per heavy atom. The van der Waals surface area contributed by atoms with E-state index in [4.69, 9.17) is 5.26 Å². The van der Waals surface area contributed by atoms with Crippen molar-refractivity contribution in [1.82, 2.24) is 4.90 Å². The highest BCUT2D eigenvalue weighted by Crippen LogP contribution is 2.53. The minimum atomic E-state index is -1.43. The van der Waals surface area contributed by atoms with Crippen molar-refractivity contribution in [2.24, 2.45) is 5.92 Å². The number of carboxylic acids is 1. The number of aliphatic hydroxyl groups is 1. The molecule has 0 aliphatic carbocycles. The van der Waals surface area contributed by atoms with Gasteiger partial charge in [0.25, 0.3) is 0 Å². The van der Waals surface area contributed by atoms with Gasteiger partial charge in [-0.1, -0.05) is 11.8 Å². The van der Waals surface area contributed by atoms with Crippen LogP contribution >= 0.6 is 23.5 Å². The van der Waals surface area contributed by atoms with Crippen molar-refractivity contribution in [1.29, 1.82) is 5.26 Å². The van der Waals surface area contributed by atoms with Crippen LogP contribution in [-0.2, 0) is 9.59 Å². The number of aliphatic carboxylic acids is 1. The first kappa shape index (κ1) is 13.3. The maximum absolute atomic E-state index is 11.8. The van der Waals surface area contributed by atoms with Gasteiger partial charge in [0.15, 0.2) is 0 Å². The molecule has 0 unspecified atom stereocenters. The molecule has 1 amide bonds. The fourth-order valence-electron chi connectivity index (χ4n) is 1.94. The zero-order valence-corrected chi connectivity index (χ0v) is 11.0. The number of hydrogen-bond acceptors (Lipinski definition) is 7. The molecule has 1 fully saturated rings. The Morgan fingerprint density at radius 1 is 1.78 bits per heavy atom. The quantitative estimate of drug-likeness (QED) is 0.666. The number of amides is 1. The van der Waals surface area contributed by atoms with Crippen molar-refractivity contribution in [3.8, 4) is 6.07 Å². The molecular formula is C10H9N2O4S2-. The summed E-state index contributed by atoms with van der Waals surface area (Å²) in [5.74, 6) is -2.32. The van der Waals surface area contributed by atoms with Gasteiger partial charge in [-0.05, 0) is 6.92 Å². The van der Waals surface area contributed by atoms with Gasteiger partial charge in [0.05, 0.1) is 39.7 Å². The van der Waals surface area contributed by atoms with Gasteiger partial charge in [0, 0.05) is 0 Å². The first-order valence-corrected chi connectivity index (χ1v) is 6.98. The van der Waals surface area contributed by atoms with Gasteiger partial charge in [-0.25, -0.2) is 0 Å². The van der Waals surface area contributed by atoms with E-state index in [0.29, 0.717) is 4.24 Å². The fraction of sp³-hybridized carbons (Fsp3) is 0.500. The van der Waals surface area contributed by atoms with Crippen molar-refractivity contribution in [2.75, 3.05) is 5.75 Å². The number of nitriles is 1. The average Bonchev–Trinajstić information content (AvgIpc) is 2.60. The van der Waals surface area contributed by atoms with Crippen LogP contribution in [0, 0.1) is 17.2 Å². The van der Waals surface area contributed by atoms with Gasteiger partial charge in [0.1, 0.15) is 5.37 Å². The predicted molar refractivity (Wildman–Crippen MR) is 63.5 cm³/mol. The number of nitrogens with zero attached hydrogens (tertiary/aromatic N) is 2. The van der Waals surface area contributed by atoms with Crippen LogP contribution in [0.4, 0.5) is 0 Å². The first-order valence-electron chi connectivity index (χ1n) is 5.12. The lowest BCUT2D eigenvalue weighted by atomic mass is 9.92. The molecule has 0 aromatic rings. The molecule has 8 heteroatoms. The molecule has 0 aromatic heterocycles. The van der Waals surface area contributed by atoms with Gasteiger partial charge in [-0.2, -0.15) is 5.26 Å². The van der Waals surface area contributed by atoms with Gasteiger partial charge in [0.2, 0.25) is 5.91 Å². The Hall–Kier alpha value is -1.17. The molecule has 6 nitrogen and oxygen atoms in total. The third-order valence-electron chi connectivity index (χ3n) is 2.73. The van der Waals surface area contributed by atoms with Gasteiger partial charge < -0.3 is 15.0 Å². The normalized spacial score (nSPS) is 27.6. The molecule has 2 aliphatic heterocycles. The molecule has 0 bridgehead atoms. The highest BCUT2D eigenvalue weighted by Gasteiger charge is 2.56. The molecule has 0 saturated carbocycles. The second-order valence-corrected chi connectivity index (χ2v) is 6.22. The van der Waals surface area contributed by atoms with E-state index < -0.39 is 29.3 Å². The van der Waals surface area contributed by atoms with E-state index in [0.717, 1.165) is 16.7 Å². The SMILES string of the molecule is C[C@@H](O)[C@H]1C(=O)N2C(C(=O)[O-])=C(SCC#N)S[C@H]12. The summed E-state index contributed by atoms with van der Waals surface area (Å²) in [6.45, 7) is 1.50. The summed E-state index contributed by atoms with van der Waals surface area (Å²) in [7, 11) is 0. The number of thioether (sulfide) groups is 2. The lowest BCUT2D eigenvalue weighted by Gasteiger charge is -2.44. The topological polar surface area (TPSA) is 104 Å². The standard InChI is InChI=1S/C10H10N2O4S2/c1-4(13)5-7(14)12-6(9(15)16)10(17-3-2-11)18-8(5)12/h4-5,8,13H,3H2,1H3,(H,15,16)/p-1/t4-,5+,8-/m1/s1. The first-order chi connectivity index (χ1) is 8.49. The number of rotatable bonds is 4. The maximum Gasteiger partial charge on any atom is 0.236 e. The average molecular weight is 285 g/mol. The molecule has 0 spiro atoms. The Balaban J connectivity index is 2.24. The molecule has 1 saturated heterocycles. The molecular weight excluding hydrogens is 276 g/mol. The summed E-state index contributed by atoms with van der Waals surface area (Å²) >= 11 is 2.26. The zero-order valence-electron chi connectivity index (χ0n) is 9.32. The van der Waals surface area contributed by atoms with Gasteiger partial charge in [-0.3, -0.25) is 9.69 Å². The van der Waals surface area contributed by atoms with E-state index in [9.17, 15) is 19.8 Å². The van der Waals surface area contributed by atoms with Gasteiger partial charge in [-0.15, -0.1) is 11.8 Å². The monoisotopic (exact) mass is 285 g/mol. The number of β-lactam (4-membered cyclic amide) rings is 1. The molecule has 2 heterocycles. The third kappa shape index (κ3) is 1.88. The summed E-state index contributed by atoms with van der Waals surface area (Å²) in [6, 6.07) is 1.90. The van der Waals surface area contributed by atoms with Crippen LogP contribution in [0.3, 0.4) is 0 Å². The van der Waals surface area contributed by atoms with Crippen molar-refractivity contribution in [2.45, 2.75) is 18.4 Å². The highest BCUT2D eigenvalue weighted by molar-refractivity contribution is 8.22. The second-order valence-electron chi connectivity index (χ2n) is 3.85.